The molecule has 0 aliphatic carbocycles. The fourth-order valence-corrected chi connectivity index (χ4v) is 0.943. The summed E-state index contributed by atoms with van der Waals surface area (Å²) in [6, 6.07) is 9.81. The van der Waals surface area contributed by atoms with Crippen LogP contribution in [0, 0.1) is 11.3 Å². The molecule has 84 valence electrons. The molecule has 0 radical (unpaired) electrons. The molecule has 0 aromatic heterocycles. The van der Waals surface area contributed by atoms with Crippen LogP contribution < -0.4 is 0 Å². The number of nitrogens with zero attached hydrogens (tertiary/aromatic N) is 1. The van der Waals surface area contributed by atoms with Crippen LogP contribution in [0.4, 0.5) is 0 Å². The van der Waals surface area contributed by atoms with Gasteiger partial charge in [0.15, 0.2) is 0 Å². The van der Waals surface area contributed by atoms with Crippen LogP contribution in [-0.4, -0.2) is 0 Å². The highest BCUT2D eigenvalue weighted by molar-refractivity contribution is 5.32. The van der Waals surface area contributed by atoms with Crippen LogP contribution >= 0.6 is 0 Å². The van der Waals surface area contributed by atoms with Crippen LogP contribution in [-0.2, 0) is 0 Å². The van der Waals surface area contributed by atoms with Crippen molar-refractivity contribution in [2.24, 2.45) is 0 Å². The molecule has 0 saturated heterocycles. The van der Waals surface area contributed by atoms with Crippen molar-refractivity contribution in [3.05, 3.63) is 35.4 Å². The Kier molecular flexibility index (Phi) is 11.6. The molecule has 0 fully saturated rings. The summed E-state index contributed by atoms with van der Waals surface area (Å²) in [6.07, 6.45) is 0. The molecule has 0 heterocycles. The van der Waals surface area contributed by atoms with Crippen LogP contribution in [0.15, 0.2) is 24.3 Å². The minimum absolute atomic E-state index is 0.544. The standard InChI is InChI=1S/C10H11N.2C2H6/c1-8(2)10-5-3-9(7-11)4-6-10;2*1-2/h3-6,8H,1-2H3;2*1-2H3. The van der Waals surface area contributed by atoms with E-state index < -0.39 is 0 Å². The van der Waals surface area contributed by atoms with Gasteiger partial charge in [0.2, 0.25) is 0 Å². The fraction of sp³-hybridized carbons (Fsp3) is 0.500. The molecule has 0 atom stereocenters. The van der Waals surface area contributed by atoms with Crippen LogP contribution in [0.2, 0.25) is 0 Å². The molecule has 1 nitrogen and oxygen atoms in total. The number of rotatable bonds is 1. The molecule has 0 amide bonds. The van der Waals surface area contributed by atoms with Gasteiger partial charge in [0, 0.05) is 0 Å². The lowest BCUT2D eigenvalue weighted by Gasteiger charge is -2.02. The number of benzene rings is 1. The third-order valence-corrected chi connectivity index (χ3v) is 1.71. The minimum atomic E-state index is 0.544. The Bertz CT molecular complexity index is 264. The molecule has 0 spiro atoms. The molecule has 0 bridgehead atoms. The highest BCUT2D eigenvalue weighted by Gasteiger charge is 1.96. The van der Waals surface area contributed by atoms with Crippen molar-refractivity contribution in [1.29, 1.82) is 5.26 Å². The highest BCUT2D eigenvalue weighted by atomic mass is 14.2. The van der Waals surface area contributed by atoms with Crippen LogP contribution in [0.5, 0.6) is 0 Å². The van der Waals surface area contributed by atoms with Crippen molar-refractivity contribution >= 4 is 0 Å². The Morgan fingerprint density at radius 2 is 1.33 bits per heavy atom. The lowest BCUT2D eigenvalue weighted by Crippen LogP contribution is -1.85. The molecule has 0 aliphatic heterocycles. The molecule has 15 heavy (non-hydrogen) atoms. The summed E-state index contributed by atoms with van der Waals surface area (Å²) in [7, 11) is 0. The molecule has 0 aliphatic rings. The summed E-state index contributed by atoms with van der Waals surface area (Å²) in [5.74, 6) is 0.544. The van der Waals surface area contributed by atoms with Crippen molar-refractivity contribution in [1.82, 2.24) is 0 Å². The average molecular weight is 205 g/mol. The Balaban J connectivity index is 0. The molecule has 1 heteroatoms. The number of hydrogen-bond acceptors (Lipinski definition) is 1. The lowest BCUT2D eigenvalue weighted by molar-refractivity contribution is 0.866. The topological polar surface area (TPSA) is 23.8 Å². The van der Waals surface area contributed by atoms with Crippen molar-refractivity contribution in [3.8, 4) is 6.07 Å². The van der Waals surface area contributed by atoms with Gasteiger partial charge in [-0.25, -0.2) is 0 Å². The van der Waals surface area contributed by atoms with Gasteiger partial charge in [0.05, 0.1) is 11.6 Å². The molecule has 1 aromatic rings. The summed E-state index contributed by atoms with van der Waals surface area (Å²) in [5.41, 5.74) is 2.01. The lowest BCUT2D eigenvalue weighted by atomic mass is 10.0. The predicted molar refractivity (Wildman–Crippen MR) is 67.9 cm³/mol. The van der Waals surface area contributed by atoms with E-state index in [0.717, 1.165) is 5.56 Å². The quantitative estimate of drug-likeness (QED) is 0.650. The summed E-state index contributed by atoms with van der Waals surface area (Å²) < 4.78 is 0. The normalized spacial score (nSPS) is 7.87. The first kappa shape index (κ1) is 16.2. The van der Waals surface area contributed by atoms with Gasteiger partial charge in [-0.05, 0) is 23.6 Å². The van der Waals surface area contributed by atoms with Gasteiger partial charge in [-0.1, -0.05) is 53.7 Å². The van der Waals surface area contributed by atoms with Gasteiger partial charge < -0.3 is 0 Å². The van der Waals surface area contributed by atoms with E-state index in [9.17, 15) is 0 Å². The third-order valence-electron chi connectivity index (χ3n) is 1.71. The van der Waals surface area contributed by atoms with E-state index in [1.807, 2.05) is 52.0 Å². The first-order valence-electron chi connectivity index (χ1n) is 5.74. The van der Waals surface area contributed by atoms with Crippen molar-refractivity contribution < 1.29 is 0 Å². The summed E-state index contributed by atoms with van der Waals surface area (Å²) in [6.45, 7) is 12.3. The van der Waals surface area contributed by atoms with Crippen molar-refractivity contribution in [3.63, 3.8) is 0 Å². The van der Waals surface area contributed by atoms with Gasteiger partial charge in [0.25, 0.3) is 0 Å². The largest absolute Gasteiger partial charge is 0.192 e. The Labute approximate surface area is 94.8 Å². The maximum atomic E-state index is 8.52. The smallest absolute Gasteiger partial charge is 0.0991 e. The molecule has 1 aromatic carbocycles. The van der Waals surface area contributed by atoms with E-state index in [4.69, 9.17) is 5.26 Å². The zero-order valence-electron chi connectivity index (χ0n) is 10.8. The Morgan fingerprint density at radius 3 is 1.60 bits per heavy atom. The number of hydrogen-bond donors (Lipinski definition) is 0. The monoisotopic (exact) mass is 205 g/mol. The first-order valence-corrected chi connectivity index (χ1v) is 5.74. The van der Waals surface area contributed by atoms with Gasteiger partial charge in [-0.3, -0.25) is 0 Å². The molecular weight excluding hydrogens is 182 g/mol. The van der Waals surface area contributed by atoms with E-state index in [0.29, 0.717) is 5.92 Å². The summed E-state index contributed by atoms with van der Waals surface area (Å²) >= 11 is 0. The van der Waals surface area contributed by atoms with Crippen molar-refractivity contribution in [2.45, 2.75) is 47.5 Å². The average Bonchev–Trinajstić information content (AvgIpc) is 2.34. The number of nitriles is 1. The van der Waals surface area contributed by atoms with E-state index in [2.05, 4.69) is 19.9 Å². The Morgan fingerprint density at radius 1 is 0.933 bits per heavy atom. The van der Waals surface area contributed by atoms with Gasteiger partial charge in [-0.15, -0.1) is 0 Å². The van der Waals surface area contributed by atoms with E-state index in [1.54, 1.807) is 0 Å². The predicted octanol–water partition coefficient (Wildman–Crippen LogP) is 4.73. The maximum Gasteiger partial charge on any atom is 0.0991 e. The first-order chi connectivity index (χ1) is 7.24. The second-order valence-corrected chi connectivity index (χ2v) is 2.89. The second kappa shape index (κ2) is 10.8. The van der Waals surface area contributed by atoms with Gasteiger partial charge in [0.1, 0.15) is 0 Å². The maximum absolute atomic E-state index is 8.52. The van der Waals surface area contributed by atoms with Crippen LogP contribution in [0.3, 0.4) is 0 Å². The summed E-state index contributed by atoms with van der Waals surface area (Å²) in [4.78, 5) is 0. The van der Waals surface area contributed by atoms with Crippen molar-refractivity contribution in [2.75, 3.05) is 0 Å². The van der Waals surface area contributed by atoms with Crippen LogP contribution in [0.25, 0.3) is 0 Å². The molecule has 0 saturated carbocycles. The molecule has 1 rings (SSSR count). The fourth-order valence-electron chi connectivity index (χ4n) is 0.943. The highest BCUT2D eigenvalue weighted by Crippen LogP contribution is 2.13. The van der Waals surface area contributed by atoms with Gasteiger partial charge >= 0.3 is 0 Å². The SMILES string of the molecule is CC.CC.CC(C)c1ccc(C#N)cc1. The van der Waals surface area contributed by atoms with E-state index >= 15 is 0 Å². The third kappa shape index (κ3) is 6.74. The zero-order valence-corrected chi connectivity index (χ0v) is 10.8. The molecule has 0 N–H and O–H groups in total. The second-order valence-electron chi connectivity index (χ2n) is 2.89. The van der Waals surface area contributed by atoms with E-state index in [-0.39, 0.29) is 0 Å². The Hall–Kier alpha value is -1.29. The molecule has 0 unspecified atom stereocenters. The van der Waals surface area contributed by atoms with E-state index in [1.165, 1.54) is 5.56 Å². The minimum Gasteiger partial charge on any atom is -0.192 e. The van der Waals surface area contributed by atoms with Crippen LogP contribution in [0.1, 0.15) is 58.6 Å². The summed E-state index contributed by atoms with van der Waals surface area (Å²) in [5, 5.41) is 8.52. The van der Waals surface area contributed by atoms with Gasteiger partial charge in [-0.2, -0.15) is 5.26 Å². The zero-order chi connectivity index (χ0) is 12.3. The molecular formula is C14H23N.